The third-order valence-electron chi connectivity index (χ3n) is 2.76. The van der Waals surface area contributed by atoms with E-state index in [4.69, 9.17) is 4.84 Å². The van der Waals surface area contributed by atoms with Gasteiger partial charge in [-0.25, -0.2) is 0 Å². The minimum absolute atomic E-state index is 0.228. The summed E-state index contributed by atoms with van der Waals surface area (Å²) in [7, 11) is 0. The highest BCUT2D eigenvalue weighted by molar-refractivity contribution is 5.13. The van der Waals surface area contributed by atoms with Crippen molar-refractivity contribution in [2.75, 3.05) is 0 Å². The SMILES string of the molecule is CCC(NOCc1ccccc1)C(C)(C)C. The molecule has 90 valence electrons. The quantitative estimate of drug-likeness (QED) is 0.768. The van der Waals surface area contributed by atoms with Crippen LogP contribution in [0.4, 0.5) is 0 Å². The second-order valence-electron chi connectivity index (χ2n) is 5.22. The predicted molar refractivity (Wildman–Crippen MR) is 67.9 cm³/mol. The molecule has 0 radical (unpaired) electrons. The van der Waals surface area contributed by atoms with Gasteiger partial charge in [0.25, 0.3) is 0 Å². The van der Waals surface area contributed by atoms with E-state index in [2.05, 4.69) is 45.3 Å². The number of rotatable bonds is 5. The molecule has 0 heterocycles. The molecule has 0 aliphatic heterocycles. The van der Waals surface area contributed by atoms with Gasteiger partial charge in [-0.3, -0.25) is 4.84 Å². The summed E-state index contributed by atoms with van der Waals surface area (Å²) < 4.78 is 0. The molecule has 0 aromatic heterocycles. The fourth-order valence-corrected chi connectivity index (χ4v) is 1.67. The summed E-state index contributed by atoms with van der Waals surface area (Å²) in [5.74, 6) is 0. The molecular weight excluding hydrogens is 198 g/mol. The molecule has 1 N–H and O–H groups in total. The van der Waals surface area contributed by atoms with Crippen LogP contribution in [0.2, 0.25) is 0 Å². The Morgan fingerprint density at radius 3 is 2.31 bits per heavy atom. The van der Waals surface area contributed by atoms with Crippen LogP contribution < -0.4 is 5.48 Å². The van der Waals surface area contributed by atoms with Crippen molar-refractivity contribution in [2.45, 2.75) is 46.8 Å². The average molecular weight is 221 g/mol. The van der Waals surface area contributed by atoms with Crippen molar-refractivity contribution in [1.82, 2.24) is 5.48 Å². The van der Waals surface area contributed by atoms with Crippen LogP contribution in [0.25, 0.3) is 0 Å². The molecule has 0 saturated carbocycles. The summed E-state index contributed by atoms with van der Waals surface area (Å²) in [5.41, 5.74) is 4.58. The second-order valence-corrected chi connectivity index (χ2v) is 5.22. The van der Waals surface area contributed by atoms with Gasteiger partial charge in [0.1, 0.15) is 0 Å². The lowest BCUT2D eigenvalue weighted by molar-refractivity contribution is -0.0238. The van der Waals surface area contributed by atoms with Crippen molar-refractivity contribution in [1.29, 1.82) is 0 Å². The van der Waals surface area contributed by atoms with Crippen LogP contribution in [0.1, 0.15) is 39.7 Å². The molecule has 2 nitrogen and oxygen atoms in total. The maximum Gasteiger partial charge on any atom is 0.0933 e. The van der Waals surface area contributed by atoms with Gasteiger partial charge < -0.3 is 0 Å². The summed E-state index contributed by atoms with van der Waals surface area (Å²) in [5, 5.41) is 0. The smallest absolute Gasteiger partial charge is 0.0933 e. The minimum Gasteiger partial charge on any atom is -0.297 e. The zero-order valence-electron chi connectivity index (χ0n) is 10.8. The summed E-state index contributed by atoms with van der Waals surface area (Å²) >= 11 is 0. The maximum atomic E-state index is 5.55. The average Bonchev–Trinajstić information content (AvgIpc) is 2.24. The molecule has 0 saturated heterocycles. The summed E-state index contributed by atoms with van der Waals surface area (Å²) in [6.07, 6.45) is 1.07. The van der Waals surface area contributed by atoms with Gasteiger partial charge in [0, 0.05) is 6.04 Å². The standard InChI is InChI=1S/C14H23NO/c1-5-13(14(2,3)4)15-16-11-12-9-7-6-8-10-12/h6-10,13,15H,5,11H2,1-4H3. The zero-order chi connectivity index (χ0) is 12.0. The molecule has 1 unspecified atom stereocenters. The first-order chi connectivity index (χ1) is 7.54. The number of benzene rings is 1. The lowest BCUT2D eigenvalue weighted by Crippen LogP contribution is -2.39. The highest BCUT2D eigenvalue weighted by Gasteiger charge is 2.22. The molecular formula is C14H23NO. The monoisotopic (exact) mass is 221 g/mol. The molecule has 16 heavy (non-hydrogen) atoms. The Morgan fingerprint density at radius 1 is 1.19 bits per heavy atom. The van der Waals surface area contributed by atoms with Crippen LogP contribution in [0.3, 0.4) is 0 Å². The van der Waals surface area contributed by atoms with Gasteiger partial charge in [0.2, 0.25) is 0 Å². The Kier molecular flexibility index (Phi) is 4.97. The third-order valence-corrected chi connectivity index (χ3v) is 2.76. The van der Waals surface area contributed by atoms with Gasteiger partial charge in [-0.05, 0) is 17.4 Å². The molecule has 0 bridgehead atoms. The van der Waals surface area contributed by atoms with E-state index >= 15 is 0 Å². The highest BCUT2D eigenvalue weighted by Crippen LogP contribution is 2.21. The molecule has 0 aliphatic rings. The third kappa shape index (κ3) is 4.33. The van der Waals surface area contributed by atoms with Crippen LogP contribution >= 0.6 is 0 Å². The van der Waals surface area contributed by atoms with E-state index < -0.39 is 0 Å². The molecule has 0 fully saturated rings. The molecule has 1 aromatic carbocycles. The summed E-state index contributed by atoms with van der Waals surface area (Å²) in [4.78, 5) is 5.55. The van der Waals surface area contributed by atoms with Crippen molar-refractivity contribution >= 4 is 0 Å². The molecule has 1 rings (SSSR count). The van der Waals surface area contributed by atoms with Crippen molar-refractivity contribution in [3.8, 4) is 0 Å². The second kappa shape index (κ2) is 6.02. The number of hydroxylamine groups is 1. The summed E-state index contributed by atoms with van der Waals surface area (Å²) in [6.45, 7) is 9.46. The number of nitrogens with one attached hydrogen (secondary N) is 1. The first-order valence-electron chi connectivity index (χ1n) is 5.95. The van der Waals surface area contributed by atoms with E-state index in [1.54, 1.807) is 0 Å². The Balaban J connectivity index is 2.35. The Labute approximate surface area is 99.0 Å². The van der Waals surface area contributed by atoms with Crippen molar-refractivity contribution in [3.05, 3.63) is 35.9 Å². The zero-order valence-corrected chi connectivity index (χ0v) is 10.8. The minimum atomic E-state index is 0.228. The van der Waals surface area contributed by atoms with Crippen molar-refractivity contribution in [3.63, 3.8) is 0 Å². The Hall–Kier alpha value is -0.860. The lowest BCUT2D eigenvalue weighted by Gasteiger charge is -2.30. The molecule has 0 spiro atoms. The van der Waals surface area contributed by atoms with E-state index in [0.29, 0.717) is 12.6 Å². The van der Waals surface area contributed by atoms with E-state index in [-0.39, 0.29) is 5.41 Å². The molecule has 2 heteroatoms. The highest BCUT2D eigenvalue weighted by atomic mass is 16.6. The lowest BCUT2D eigenvalue weighted by atomic mass is 9.86. The van der Waals surface area contributed by atoms with Gasteiger partial charge in [-0.2, -0.15) is 5.48 Å². The predicted octanol–water partition coefficient (Wildman–Crippen LogP) is 3.53. The Bertz CT molecular complexity index is 289. The Morgan fingerprint density at radius 2 is 1.81 bits per heavy atom. The van der Waals surface area contributed by atoms with Crippen LogP contribution in [0.15, 0.2) is 30.3 Å². The maximum absolute atomic E-state index is 5.55. The van der Waals surface area contributed by atoms with Crippen molar-refractivity contribution < 1.29 is 4.84 Å². The van der Waals surface area contributed by atoms with Gasteiger partial charge in [-0.15, -0.1) is 0 Å². The normalized spacial score (nSPS) is 13.8. The first-order valence-corrected chi connectivity index (χ1v) is 5.95. The molecule has 1 aromatic rings. The fourth-order valence-electron chi connectivity index (χ4n) is 1.67. The topological polar surface area (TPSA) is 21.3 Å². The molecule has 1 atom stereocenters. The number of hydrogen-bond donors (Lipinski definition) is 1. The first kappa shape index (κ1) is 13.2. The van der Waals surface area contributed by atoms with Crippen LogP contribution in [0.5, 0.6) is 0 Å². The number of hydrogen-bond acceptors (Lipinski definition) is 2. The van der Waals surface area contributed by atoms with Gasteiger partial charge >= 0.3 is 0 Å². The van der Waals surface area contributed by atoms with Gasteiger partial charge in [0.15, 0.2) is 0 Å². The van der Waals surface area contributed by atoms with Crippen LogP contribution in [0, 0.1) is 5.41 Å². The van der Waals surface area contributed by atoms with Gasteiger partial charge in [-0.1, -0.05) is 58.0 Å². The van der Waals surface area contributed by atoms with E-state index in [0.717, 1.165) is 6.42 Å². The largest absolute Gasteiger partial charge is 0.297 e. The van der Waals surface area contributed by atoms with E-state index in [1.807, 2.05) is 18.2 Å². The molecule has 0 amide bonds. The van der Waals surface area contributed by atoms with Gasteiger partial charge in [0.05, 0.1) is 6.61 Å². The fraction of sp³-hybridized carbons (Fsp3) is 0.571. The van der Waals surface area contributed by atoms with Crippen LogP contribution in [-0.2, 0) is 11.4 Å². The summed E-state index contributed by atoms with van der Waals surface area (Å²) in [6, 6.07) is 10.6. The van der Waals surface area contributed by atoms with Crippen molar-refractivity contribution in [2.24, 2.45) is 5.41 Å². The molecule has 0 aliphatic carbocycles. The van der Waals surface area contributed by atoms with Crippen LogP contribution in [-0.4, -0.2) is 6.04 Å². The van der Waals surface area contributed by atoms with E-state index in [1.165, 1.54) is 5.56 Å². The van der Waals surface area contributed by atoms with E-state index in [9.17, 15) is 0 Å².